The Bertz CT molecular complexity index is 844. The molecule has 1 aromatic carbocycles. The zero-order chi connectivity index (χ0) is 17.8. The Kier molecular flexibility index (Phi) is 4.93. The zero-order valence-corrected chi connectivity index (χ0v) is 15.0. The summed E-state index contributed by atoms with van der Waals surface area (Å²) in [7, 11) is 2.21. The maximum absolute atomic E-state index is 4.64. The van der Waals surface area contributed by atoms with E-state index in [1.54, 1.807) is 6.20 Å². The first-order valence-corrected chi connectivity index (χ1v) is 9.17. The highest BCUT2D eigenvalue weighted by atomic mass is 15.3. The van der Waals surface area contributed by atoms with E-state index >= 15 is 0 Å². The summed E-state index contributed by atoms with van der Waals surface area (Å²) in [5.41, 5.74) is 2.89. The zero-order valence-electron chi connectivity index (χ0n) is 15.0. The molecule has 1 fully saturated rings. The minimum Gasteiger partial charge on any atom is -0.354 e. The van der Waals surface area contributed by atoms with Crippen LogP contribution in [0.15, 0.2) is 55.0 Å². The van der Waals surface area contributed by atoms with Gasteiger partial charge in [0.1, 0.15) is 0 Å². The summed E-state index contributed by atoms with van der Waals surface area (Å²) in [6.45, 7) is 2.10. The SMILES string of the molecule is CN1CCC[C@@H]1CCNc1nccc(-c2cnn(-c3ccccc3)c2)n1. The third-order valence-corrected chi connectivity index (χ3v) is 4.99. The van der Waals surface area contributed by atoms with Crippen molar-refractivity contribution in [1.29, 1.82) is 0 Å². The topological polar surface area (TPSA) is 58.9 Å². The summed E-state index contributed by atoms with van der Waals surface area (Å²) in [5, 5.41) is 7.81. The smallest absolute Gasteiger partial charge is 0.223 e. The van der Waals surface area contributed by atoms with Crippen molar-refractivity contribution in [1.82, 2.24) is 24.6 Å². The minimum absolute atomic E-state index is 0.676. The Morgan fingerprint density at radius 1 is 1.19 bits per heavy atom. The van der Waals surface area contributed by atoms with Gasteiger partial charge >= 0.3 is 0 Å². The molecule has 1 aliphatic rings. The molecule has 0 amide bonds. The molecule has 26 heavy (non-hydrogen) atoms. The molecule has 6 heteroatoms. The lowest BCUT2D eigenvalue weighted by molar-refractivity contribution is 0.301. The molecule has 1 aliphatic heterocycles. The first-order valence-electron chi connectivity index (χ1n) is 9.17. The van der Waals surface area contributed by atoms with Crippen LogP contribution in [0, 0.1) is 0 Å². The van der Waals surface area contributed by atoms with Crippen LogP contribution in [0.1, 0.15) is 19.3 Å². The van der Waals surface area contributed by atoms with Gasteiger partial charge in [-0.15, -0.1) is 0 Å². The molecule has 1 atom stereocenters. The van der Waals surface area contributed by atoms with Crippen molar-refractivity contribution >= 4 is 5.95 Å². The van der Waals surface area contributed by atoms with Gasteiger partial charge in [-0.05, 0) is 51.1 Å². The molecule has 0 bridgehead atoms. The van der Waals surface area contributed by atoms with E-state index in [2.05, 4.69) is 32.3 Å². The monoisotopic (exact) mass is 348 g/mol. The predicted molar refractivity (Wildman–Crippen MR) is 103 cm³/mol. The second kappa shape index (κ2) is 7.66. The number of nitrogens with zero attached hydrogens (tertiary/aromatic N) is 5. The Morgan fingerprint density at radius 2 is 2.08 bits per heavy atom. The van der Waals surface area contributed by atoms with Crippen molar-refractivity contribution in [2.45, 2.75) is 25.3 Å². The van der Waals surface area contributed by atoms with E-state index in [0.717, 1.165) is 29.9 Å². The molecule has 6 nitrogen and oxygen atoms in total. The molecular formula is C20H24N6. The number of hydrogen-bond acceptors (Lipinski definition) is 5. The number of aromatic nitrogens is 4. The summed E-state index contributed by atoms with van der Waals surface area (Å²) >= 11 is 0. The lowest BCUT2D eigenvalue weighted by Crippen LogP contribution is -2.27. The third kappa shape index (κ3) is 3.75. The molecule has 1 N–H and O–H groups in total. The van der Waals surface area contributed by atoms with Crippen LogP contribution in [0.3, 0.4) is 0 Å². The van der Waals surface area contributed by atoms with Gasteiger partial charge in [0.15, 0.2) is 0 Å². The standard InChI is InChI=1S/C20H24N6/c1-25-13-5-8-17(25)9-11-21-20-22-12-10-19(24-20)16-14-23-26(15-16)18-6-3-2-4-7-18/h2-4,6-7,10,12,14-15,17H,5,8-9,11,13H2,1H3,(H,21,22,24)/t17-/m1/s1. The number of rotatable bonds is 6. The Labute approximate surface area is 153 Å². The van der Waals surface area contributed by atoms with Crippen molar-refractivity contribution in [2.24, 2.45) is 0 Å². The van der Waals surface area contributed by atoms with Gasteiger partial charge in [0.25, 0.3) is 0 Å². The fraction of sp³-hybridized carbons (Fsp3) is 0.350. The Balaban J connectivity index is 1.42. The van der Waals surface area contributed by atoms with Crippen LogP contribution < -0.4 is 5.32 Å². The number of para-hydroxylation sites is 1. The van der Waals surface area contributed by atoms with E-state index < -0.39 is 0 Å². The fourth-order valence-electron chi connectivity index (χ4n) is 3.48. The third-order valence-electron chi connectivity index (χ3n) is 4.99. The molecule has 0 unspecified atom stereocenters. The van der Waals surface area contributed by atoms with Gasteiger partial charge < -0.3 is 10.2 Å². The van der Waals surface area contributed by atoms with E-state index in [4.69, 9.17) is 0 Å². The summed E-state index contributed by atoms with van der Waals surface area (Å²) in [6, 6.07) is 12.7. The normalized spacial score (nSPS) is 17.5. The quantitative estimate of drug-likeness (QED) is 0.741. The molecule has 0 radical (unpaired) electrons. The highest BCUT2D eigenvalue weighted by Gasteiger charge is 2.20. The molecule has 1 saturated heterocycles. The van der Waals surface area contributed by atoms with Gasteiger partial charge in [-0.2, -0.15) is 5.10 Å². The largest absolute Gasteiger partial charge is 0.354 e. The van der Waals surface area contributed by atoms with E-state index in [-0.39, 0.29) is 0 Å². The van der Waals surface area contributed by atoms with E-state index in [9.17, 15) is 0 Å². The Hall–Kier alpha value is -2.73. The van der Waals surface area contributed by atoms with Gasteiger partial charge in [0, 0.05) is 30.5 Å². The highest BCUT2D eigenvalue weighted by molar-refractivity contribution is 5.58. The van der Waals surface area contributed by atoms with Crippen LogP contribution in [-0.4, -0.2) is 50.8 Å². The molecule has 3 aromatic rings. The van der Waals surface area contributed by atoms with Gasteiger partial charge in [-0.1, -0.05) is 18.2 Å². The maximum atomic E-state index is 4.64. The molecule has 0 saturated carbocycles. The molecule has 134 valence electrons. The first-order chi connectivity index (χ1) is 12.8. The predicted octanol–water partition coefficient (Wildman–Crippen LogP) is 3.23. The van der Waals surface area contributed by atoms with Crippen LogP contribution >= 0.6 is 0 Å². The van der Waals surface area contributed by atoms with Crippen molar-refractivity contribution in [3.05, 3.63) is 55.0 Å². The van der Waals surface area contributed by atoms with Crippen molar-refractivity contribution < 1.29 is 0 Å². The molecule has 0 spiro atoms. The van der Waals surface area contributed by atoms with Crippen LogP contribution in [0.4, 0.5) is 5.95 Å². The van der Waals surface area contributed by atoms with Gasteiger partial charge in [0.05, 0.1) is 17.6 Å². The molecule has 3 heterocycles. The lowest BCUT2D eigenvalue weighted by atomic mass is 10.1. The van der Waals surface area contributed by atoms with E-state index in [0.29, 0.717) is 12.0 Å². The number of benzene rings is 1. The lowest BCUT2D eigenvalue weighted by Gasteiger charge is -2.19. The Morgan fingerprint density at radius 3 is 2.88 bits per heavy atom. The van der Waals surface area contributed by atoms with Gasteiger partial charge in [-0.3, -0.25) is 0 Å². The van der Waals surface area contributed by atoms with Crippen molar-refractivity contribution in [3.8, 4) is 16.9 Å². The molecule has 4 rings (SSSR count). The van der Waals surface area contributed by atoms with E-state index in [1.807, 2.05) is 53.5 Å². The first kappa shape index (κ1) is 16.7. The number of likely N-dealkylation sites (tertiary alicyclic amines) is 1. The van der Waals surface area contributed by atoms with Crippen LogP contribution in [0.5, 0.6) is 0 Å². The van der Waals surface area contributed by atoms with Crippen molar-refractivity contribution in [3.63, 3.8) is 0 Å². The summed E-state index contributed by atoms with van der Waals surface area (Å²) in [6.07, 6.45) is 9.35. The van der Waals surface area contributed by atoms with Crippen LogP contribution in [0.25, 0.3) is 16.9 Å². The number of anilines is 1. The van der Waals surface area contributed by atoms with Gasteiger partial charge in [-0.25, -0.2) is 14.6 Å². The van der Waals surface area contributed by atoms with Crippen LogP contribution in [-0.2, 0) is 0 Å². The number of hydrogen-bond donors (Lipinski definition) is 1. The number of nitrogens with one attached hydrogen (secondary N) is 1. The fourth-order valence-corrected chi connectivity index (χ4v) is 3.48. The van der Waals surface area contributed by atoms with Crippen molar-refractivity contribution in [2.75, 3.05) is 25.5 Å². The molecule has 0 aliphatic carbocycles. The maximum Gasteiger partial charge on any atom is 0.223 e. The summed E-state index contributed by atoms with van der Waals surface area (Å²) in [4.78, 5) is 11.4. The highest BCUT2D eigenvalue weighted by Crippen LogP contribution is 2.20. The summed E-state index contributed by atoms with van der Waals surface area (Å²) < 4.78 is 1.86. The average Bonchev–Trinajstić information content (AvgIpc) is 3.33. The van der Waals surface area contributed by atoms with E-state index in [1.165, 1.54) is 19.4 Å². The summed E-state index contributed by atoms with van der Waals surface area (Å²) in [5.74, 6) is 0.676. The second-order valence-electron chi connectivity index (χ2n) is 6.77. The molecule has 2 aromatic heterocycles. The molecular weight excluding hydrogens is 324 g/mol. The minimum atomic E-state index is 0.676. The second-order valence-corrected chi connectivity index (χ2v) is 6.77. The van der Waals surface area contributed by atoms with Crippen LogP contribution in [0.2, 0.25) is 0 Å². The average molecular weight is 348 g/mol. The van der Waals surface area contributed by atoms with Gasteiger partial charge in [0.2, 0.25) is 5.95 Å².